The average molecular weight is 241 g/mol. The number of likely N-dealkylation sites (tertiary alicyclic amines) is 1. The van der Waals surface area contributed by atoms with E-state index < -0.39 is 0 Å². The molecule has 1 saturated heterocycles. The summed E-state index contributed by atoms with van der Waals surface area (Å²) >= 11 is 0. The first-order chi connectivity index (χ1) is 8.86. The van der Waals surface area contributed by atoms with E-state index in [4.69, 9.17) is 5.26 Å². The Morgan fingerprint density at radius 3 is 2.83 bits per heavy atom. The van der Waals surface area contributed by atoms with Gasteiger partial charge >= 0.3 is 0 Å². The molecule has 92 valence electrons. The molecule has 0 N–H and O–H groups in total. The van der Waals surface area contributed by atoms with Gasteiger partial charge in [-0.2, -0.15) is 5.26 Å². The third-order valence-electron chi connectivity index (χ3n) is 3.45. The minimum atomic E-state index is 0.643. The number of nitriles is 1. The van der Waals surface area contributed by atoms with Crippen molar-refractivity contribution in [2.75, 3.05) is 19.6 Å². The standard InChI is InChI=1S/C13H15N5/c14-9-11-3-4-12-15-16-13(18(12)10-11)5-8-17-6-1-2-7-17/h3-4,10H,1-2,5-8H2. The molecule has 5 heteroatoms. The summed E-state index contributed by atoms with van der Waals surface area (Å²) in [7, 11) is 0. The smallest absolute Gasteiger partial charge is 0.160 e. The summed E-state index contributed by atoms with van der Waals surface area (Å²) in [5.74, 6) is 0.939. The Morgan fingerprint density at radius 2 is 2.06 bits per heavy atom. The molecule has 2 aromatic rings. The second kappa shape index (κ2) is 4.75. The van der Waals surface area contributed by atoms with Gasteiger partial charge in [0.25, 0.3) is 0 Å². The summed E-state index contributed by atoms with van der Waals surface area (Å²) in [5.41, 5.74) is 1.45. The molecule has 0 atom stereocenters. The topological polar surface area (TPSA) is 57.2 Å². The van der Waals surface area contributed by atoms with Gasteiger partial charge in [0.05, 0.1) is 5.56 Å². The Morgan fingerprint density at radius 1 is 1.22 bits per heavy atom. The number of fused-ring (bicyclic) bond motifs is 1. The van der Waals surface area contributed by atoms with Crippen LogP contribution in [-0.2, 0) is 6.42 Å². The van der Waals surface area contributed by atoms with Gasteiger partial charge in [-0.3, -0.25) is 4.40 Å². The number of nitrogens with zero attached hydrogens (tertiary/aromatic N) is 5. The maximum atomic E-state index is 8.92. The number of hydrogen-bond donors (Lipinski definition) is 0. The zero-order valence-corrected chi connectivity index (χ0v) is 10.2. The summed E-state index contributed by atoms with van der Waals surface area (Å²) in [5, 5.41) is 17.2. The highest BCUT2D eigenvalue weighted by Gasteiger charge is 2.13. The van der Waals surface area contributed by atoms with Crippen molar-refractivity contribution >= 4 is 5.65 Å². The third kappa shape index (κ3) is 2.07. The minimum absolute atomic E-state index is 0.643. The molecule has 3 heterocycles. The van der Waals surface area contributed by atoms with Crippen molar-refractivity contribution in [1.29, 1.82) is 5.26 Å². The molecule has 0 unspecified atom stereocenters. The Labute approximate surface area is 106 Å². The van der Waals surface area contributed by atoms with E-state index in [0.717, 1.165) is 24.4 Å². The van der Waals surface area contributed by atoms with Crippen LogP contribution >= 0.6 is 0 Å². The summed E-state index contributed by atoms with van der Waals surface area (Å²) < 4.78 is 1.93. The summed E-state index contributed by atoms with van der Waals surface area (Å²) in [4.78, 5) is 2.45. The Bertz CT molecular complexity index is 589. The molecular formula is C13H15N5. The predicted molar refractivity (Wildman–Crippen MR) is 67.1 cm³/mol. The van der Waals surface area contributed by atoms with Crippen LogP contribution in [0.5, 0.6) is 0 Å². The van der Waals surface area contributed by atoms with Crippen LogP contribution in [0.4, 0.5) is 0 Å². The zero-order valence-electron chi connectivity index (χ0n) is 10.2. The first kappa shape index (κ1) is 11.2. The Hall–Kier alpha value is -1.93. The normalized spacial score (nSPS) is 16.2. The van der Waals surface area contributed by atoms with E-state index in [-0.39, 0.29) is 0 Å². The molecule has 0 saturated carbocycles. The molecule has 0 spiro atoms. The van der Waals surface area contributed by atoms with Crippen molar-refractivity contribution in [2.24, 2.45) is 0 Å². The van der Waals surface area contributed by atoms with Gasteiger partial charge < -0.3 is 4.90 Å². The quantitative estimate of drug-likeness (QED) is 0.811. The highest BCUT2D eigenvalue weighted by molar-refractivity contribution is 5.42. The lowest BCUT2D eigenvalue weighted by Crippen LogP contribution is -2.22. The number of rotatable bonds is 3. The fourth-order valence-electron chi connectivity index (χ4n) is 2.44. The maximum Gasteiger partial charge on any atom is 0.160 e. The SMILES string of the molecule is N#Cc1ccc2nnc(CCN3CCCC3)n2c1. The molecule has 0 aliphatic carbocycles. The fourth-order valence-corrected chi connectivity index (χ4v) is 2.44. The van der Waals surface area contributed by atoms with E-state index >= 15 is 0 Å². The van der Waals surface area contributed by atoms with Crippen LogP contribution in [0.3, 0.4) is 0 Å². The van der Waals surface area contributed by atoms with Crippen molar-refractivity contribution < 1.29 is 0 Å². The third-order valence-corrected chi connectivity index (χ3v) is 3.45. The molecule has 0 amide bonds. The minimum Gasteiger partial charge on any atom is -0.303 e. The second-order valence-electron chi connectivity index (χ2n) is 4.67. The summed E-state index contributed by atoms with van der Waals surface area (Å²) in [6.45, 7) is 3.41. The van der Waals surface area contributed by atoms with Gasteiger partial charge in [-0.15, -0.1) is 10.2 Å². The van der Waals surface area contributed by atoms with Crippen LogP contribution in [0.15, 0.2) is 18.3 Å². The lowest BCUT2D eigenvalue weighted by atomic mass is 10.3. The van der Waals surface area contributed by atoms with E-state index in [1.54, 1.807) is 6.07 Å². The van der Waals surface area contributed by atoms with Gasteiger partial charge in [0.15, 0.2) is 5.65 Å². The van der Waals surface area contributed by atoms with E-state index in [9.17, 15) is 0 Å². The fraction of sp³-hybridized carbons (Fsp3) is 0.462. The highest BCUT2D eigenvalue weighted by Crippen LogP contribution is 2.10. The monoisotopic (exact) mass is 241 g/mol. The lowest BCUT2D eigenvalue weighted by Gasteiger charge is -2.13. The second-order valence-corrected chi connectivity index (χ2v) is 4.67. The van der Waals surface area contributed by atoms with Crippen LogP contribution in [0.2, 0.25) is 0 Å². The van der Waals surface area contributed by atoms with Crippen LogP contribution in [0.1, 0.15) is 24.2 Å². The molecule has 1 aliphatic rings. The van der Waals surface area contributed by atoms with Gasteiger partial charge in [-0.25, -0.2) is 0 Å². The van der Waals surface area contributed by atoms with Crippen molar-refractivity contribution in [3.63, 3.8) is 0 Å². The van der Waals surface area contributed by atoms with E-state index in [1.165, 1.54) is 25.9 Å². The van der Waals surface area contributed by atoms with Crippen molar-refractivity contribution in [3.8, 4) is 6.07 Å². The van der Waals surface area contributed by atoms with Gasteiger partial charge in [-0.1, -0.05) is 0 Å². The van der Waals surface area contributed by atoms with Crippen LogP contribution in [-0.4, -0.2) is 39.1 Å². The van der Waals surface area contributed by atoms with Crippen LogP contribution in [0.25, 0.3) is 5.65 Å². The van der Waals surface area contributed by atoms with Crippen molar-refractivity contribution in [3.05, 3.63) is 29.7 Å². The molecule has 18 heavy (non-hydrogen) atoms. The molecule has 2 aromatic heterocycles. The molecule has 3 rings (SSSR count). The largest absolute Gasteiger partial charge is 0.303 e. The predicted octanol–water partition coefficient (Wildman–Crippen LogP) is 1.24. The van der Waals surface area contributed by atoms with E-state index in [0.29, 0.717) is 5.56 Å². The summed E-state index contributed by atoms with van der Waals surface area (Å²) in [6, 6.07) is 5.76. The van der Waals surface area contributed by atoms with Crippen LogP contribution < -0.4 is 0 Å². The average Bonchev–Trinajstić information content (AvgIpc) is 3.05. The van der Waals surface area contributed by atoms with Crippen molar-refractivity contribution in [2.45, 2.75) is 19.3 Å². The van der Waals surface area contributed by atoms with Gasteiger partial charge in [0.2, 0.25) is 0 Å². The number of hydrogen-bond acceptors (Lipinski definition) is 4. The molecule has 0 bridgehead atoms. The lowest BCUT2D eigenvalue weighted by molar-refractivity contribution is 0.340. The van der Waals surface area contributed by atoms with Gasteiger partial charge in [0, 0.05) is 19.2 Å². The molecule has 1 aliphatic heterocycles. The van der Waals surface area contributed by atoms with Crippen LogP contribution in [0, 0.1) is 11.3 Å². The molecule has 5 nitrogen and oxygen atoms in total. The molecule has 0 aromatic carbocycles. The van der Waals surface area contributed by atoms with Gasteiger partial charge in [-0.05, 0) is 38.1 Å². The molecular weight excluding hydrogens is 226 g/mol. The highest BCUT2D eigenvalue weighted by atomic mass is 15.2. The summed E-state index contributed by atoms with van der Waals surface area (Å²) in [6.07, 6.45) is 5.31. The number of pyridine rings is 1. The maximum absolute atomic E-state index is 8.92. The van der Waals surface area contributed by atoms with Crippen molar-refractivity contribution in [1.82, 2.24) is 19.5 Å². The first-order valence-corrected chi connectivity index (χ1v) is 6.33. The molecule has 1 fully saturated rings. The van der Waals surface area contributed by atoms with Gasteiger partial charge in [0.1, 0.15) is 11.9 Å². The number of aromatic nitrogens is 3. The Balaban J connectivity index is 1.80. The zero-order chi connectivity index (χ0) is 12.4. The molecule has 0 radical (unpaired) electrons. The van der Waals surface area contributed by atoms with E-state index in [2.05, 4.69) is 21.2 Å². The Kier molecular flexibility index (Phi) is 2.95. The first-order valence-electron chi connectivity index (χ1n) is 6.33. The van der Waals surface area contributed by atoms with E-state index in [1.807, 2.05) is 16.7 Å².